The molecule has 1 aliphatic heterocycles. The minimum atomic E-state index is -0.187. The third-order valence-corrected chi connectivity index (χ3v) is 3.97. The van der Waals surface area contributed by atoms with Crippen LogP contribution in [0.25, 0.3) is 11.0 Å². The number of aromatic nitrogens is 2. The topological polar surface area (TPSA) is 76.0 Å². The van der Waals surface area contributed by atoms with Gasteiger partial charge in [0.1, 0.15) is 0 Å². The lowest BCUT2D eigenvalue weighted by Crippen LogP contribution is -2.40. The Kier molecular flexibility index (Phi) is 4.09. The molecule has 1 aromatic heterocycles. The molecule has 0 radical (unpaired) electrons. The molecule has 3 rings (SSSR count). The first-order valence-electron chi connectivity index (χ1n) is 7.72. The molecule has 22 heavy (non-hydrogen) atoms. The van der Waals surface area contributed by atoms with Crippen LogP contribution >= 0.6 is 0 Å². The molecular formula is C16H20N4O2. The number of hydrogen-bond donors (Lipinski definition) is 2. The first-order chi connectivity index (χ1) is 10.7. The Morgan fingerprint density at radius 2 is 2.27 bits per heavy atom. The molecule has 1 atom stereocenters. The largest absolute Gasteiger partial charge is 0.355 e. The van der Waals surface area contributed by atoms with Gasteiger partial charge >= 0.3 is 0 Å². The summed E-state index contributed by atoms with van der Waals surface area (Å²) in [7, 11) is 0. The SMILES string of the molecule is CCCn1c(NC(=O)C2CCC(=O)NC2)nc2ccccc21. The average molecular weight is 300 g/mol. The van der Waals surface area contributed by atoms with Crippen molar-refractivity contribution in [3.8, 4) is 0 Å². The Bertz CT molecular complexity index is 697. The van der Waals surface area contributed by atoms with E-state index in [1.807, 2.05) is 28.8 Å². The van der Waals surface area contributed by atoms with Gasteiger partial charge in [-0.15, -0.1) is 0 Å². The number of nitrogens with zero attached hydrogens (tertiary/aromatic N) is 2. The molecule has 2 heterocycles. The predicted octanol–water partition coefficient (Wildman–Crippen LogP) is 1.91. The zero-order valence-electron chi connectivity index (χ0n) is 12.6. The summed E-state index contributed by atoms with van der Waals surface area (Å²) in [6.45, 7) is 3.30. The highest BCUT2D eigenvalue weighted by Gasteiger charge is 2.25. The number of imidazole rings is 1. The molecule has 116 valence electrons. The predicted molar refractivity (Wildman–Crippen MR) is 84.4 cm³/mol. The van der Waals surface area contributed by atoms with E-state index in [4.69, 9.17) is 0 Å². The summed E-state index contributed by atoms with van der Waals surface area (Å²) in [5.74, 6) is 0.340. The average Bonchev–Trinajstić information content (AvgIpc) is 2.86. The summed E-state index contributed by atoms with van der Waals surface area (Å²) in [6, 6.07) is 7.86. The smallest absolute Gasteiger partial charge is 0.231 e. The van der Waals surface area contributed by atoms with Crippen LogP contribution in [-0.2, 0) is 16.1 Å². The Hall–Kier alpha value is -2.37. The van der Waals surface area contributed by atoms with Crippen LogP contribution in [-0.4, -0.2) is 27.9 Å². The van der Waals surface area contributed by atoms with Crippen LogP contribution in [0.2, 0.25) is 0 Å². The number of amides is 2. The molecular weight excluding hydrogens is 280 g/mol. The Balaban J connectivity index is 1.82. The number of aryl methyl sites for hydroxylation is 1. The second kappa shape index (κ2) is 6.17. The second-order valence-corrected chi connectivity index (χ2v) is 5.60. The van der Waals surface area contributed by atoms with Crippen molar-refractivity contribution in [1.82, 2.24) is 14.9 Å². The van der Waals surface area contributed by atoms with Crippen LogP contribution < -0.4 is 10.6 Å². The molecule has 2 aromatic rings. The maximum Gasteiger partial charge on any atom is 0.231 e. The van der Waals surface area contributed by atoms with Crippen molar-refractivity contribution in [2.45, 2.75) is 32.7 Å². The number of hydrogen-bond acceptors (Lipinski definition) is 3. The standard InChI is InChI=1S/C16H20N4O2/c1-2-9-20-13-6-4-3-5-12(13)18-16(20)19-15(22)11-7-8-14(21)17-10-11/h3-6,11H,2,7-10H2,1H3,(H,17,21)(H,18,19,22). The third-order valence-electron chi connectivity index (χ3n) is 3.97. The van der Waals surface area contributed by atoms with Gasteiger partial charge < -0.3 is 9.88 Å². The number of piperidine rings is 1. The van der Waals surface area contributed by atoms with E-state index in [0.29, 0.717) is 25.3 Å². The van der Waals surface area contributed by atoms with Crippen molar-refractivity contribution in [2.75, 3.05) is 11.9 Å². The number of anilines is 1. The first kappa shape index (κ1) is 14.6. The molecule has 6 heteroatoms. The van der Waals surface area contributed by atoms with E-state index >= 15 is 0 Å². The fraction of sp³-hybridized carbons (Fsp3) is 0.438. The van der Waals surface area contributed by atoms with Crippen molar-refractivity contribution < 1.29 is 9.59 Å². The highest BCUT2D eigenvalue weighted by molar-refractivity contribution is 5.94. The molecule has 1 fully saturated rings. The molecule has 0 saturated carbocycles. The van der Waals surface area contributed by atoms with E-state index in [1.54, 1.807) is 0 Å². The zero-order valence-corrected chi connectivity index (χ0v) is 12.6. The molecule has 2 N–H and O–H groups in total. The van der Waals surface area contributed by atoms with E-state index in [2.05, 4.69) is 22.5 Å². The fourth-order valence-electron chi connectivity index (χ4n) is 2.79. The van der Waals surface area contributed by atoms with Crippen LogP contribution in [0, 0.1) is 5.92 Å². The van der Waals surface area contributed by atoms with E-state index in [0.717, 1.165) is 24.0 Å². The van der Waals surface area contributed by atoms with Crippen molar-refractivity contribution >= 4 is 28.8 Å². The minimum absolute atomic E-state index is 0.0160. The first-order valence-corrected chi connectivity index (χ1v) is 7.72. The number of nitrogens with one attached hydrogen (secondary N) is 2. The molecule has 1 aromatic carbocycles. The summed E-state index contributed by atoms with van der Waals surface area (Å²) >= 11 is 0. The number of carbonyl (C=O) groups is 2. The van der Waals surface area contributed by atoms with Crippen LogP contribution in [0.3, 0.4) is 0 Å². The second-order valence-electron chi connectivity index (χ2n) is 5.60. The van der Waals surface area contributed by atoms with Gasteiger partial charge in [-0.25, -0.2) is 4.98 Å². The molecule has 2 amide bonds. The highest BCUT2D eigenvalue weighted by Crippen LogP contribution is 2.21. The van der Waals surface area contributed by atoms with Gasteiger partial charge in [0, 0.05) is 19.5 Å². The van der Waals surface area contributed by atoms with Gasteiger partial charge in [-0.2, -0.15) is 0 Å². The fourth-order valence-corrected chi connectivity index (χ4v) is 2.79. The Morgan fingerprint density at radius 3 is 3.00 bits per heavy atom. The molecule has 1 unspecified atom stereocenters. The van der Waals surface area contributed by atoms with Crippen LogP contribution in [0.1, 0.15) is 26.2 Å². The highest BCUT2D eigenvalue weighted by atomic mass is 16.2. The summed E-state index contributed by atoms with van der Waals surface area (Å²) in [5, 5.41) is 5.67. The van der Waals surface area contributed by atoms with E-state index in [1.165, 1.54) is 0 Å². The van der Waals surface area contributed by atoms with Gasteiger partial charge in [0.15, 0.2) is 0 Å². The number of fused-ring (bicyclic) bond motifs is 1. The number of rotatable bonds is 4. The van der Waals surface area contributed by atoms with Crippen molar-refractivity contribution in [2.24, 2.45) is 5.92 Å². The van der Waals surface area contributed by atoms with Gasteiger partial charge in [0.2, 0.25) is 17.8 Å². The zero-order chi connectivity index (χ0) is 15.5. The minimum Gasteiger partial charge on any atom is -0.355 e. The van der Waals surface area contributed by atoms with Crippen molar-refractivity contribution in [1.29, 1.82) is 0 Å². The molecule has 0 aliphatic carbocycles. The summed E-state index contributed by atoms with van der Waals surface area (Å²) < 4.78 is 2.04. The summed E-state index contributed by atoms with van der Waals surface area (Å²) in [5.41, 5.74) is 1.90. The molecule has 0 spiro atoms. The van der Waals surface area contributed by atoms with Crippen LogP contribution in [0.15, 0.2) is 24.3 Å². The van der Waals surface area contributed by atoms with Gasteiger partial charge in [-0.1, -0.05) is 19.1 Å². The Labute approximate surface area is 128 Å². The number of carbonyl (C=O) groups excluding carboxylic acids is 2. The van der Waals surface area contributed by atoms with Crippen LogP contribution in [0.5, 0.6) is 0 Å². The van der Waals surface area contributed by atoms with Gasteiger partial charge in [-0.3, -0.25) is 14.9 Å². The van der Waals surface area contributed by atoms with Gasteiger partial charge in [-0.05, 0) is 25.0 Å². The van der Waals surface area contributed by atoms with E-state index in [9.17, 15) is 9.59 Å². The van der Waals surface area contributed by atoms with Crippen molar-refractivity contribution in [3.05, 3.63) is 24.3 Å². The number of benzene rings is 1. The van der Waals surface area contributed by atoms with Crippen molar-refractivity contribution in [3.63, 3.8) is 0 Å². The maximum atomic E-state index is 12.4. The molecule has 1 aliphatic rings. The summed E-state index contributed by atoms with van der Waals surface area (Å²) in [4.78, 5) is 28.1. The maximum absolute atomic E-state index is 12.4. The number of para-hydroxylation sites is 2. The quantitative estimate of drug-likeness (QED) is 0.905. The summed E-state index contributed by atoms with van der Waals surface area (Å²) in [6.07, 6.45) is 1.96. The lowest BCUT2D eigenvalue weighted by molar-refractivity contribution is -0.126. The van der Waals surface area contributed by atoms with Gasteiger partial charge in [0.05, 0.1) is 17.0 Å². The van der Waals surface area contributed by atoms with Gasteiger partial charge in [0.25, 0.3) is 0 Å². The molecule has 6 nitrogen and oxygen atoms in total. The van der Waals surface area contributed by atoms with E-state index in [-0.39, 0.29) is 17.7 Å². The van der Waals surface area contributed by atoms with E-state index < -0.39 is 0 Å². The van der Waals surface area contributed by atoms with Crippen LogP contribution in [0.4, 0.5) is 5.95 Å². The molecule has 1 saturated heterocycles. The third kappa shape index (κ3) is 2.81. The monoisotopic (exact) mass is 300 g/mol. The lowest BCUT2D eigenvalue weighted by atomic mass is 9.98. The Morgan fingerprint density at radius 1 is 1.45 bits per heavy atom. The molecule has 0 bridgehead atoms. The lowest BCUT2D eigenvalue weighted by Gasteiger charge is -2.21. The normalized spacial score (nSPS) is 18.2.